The van der Waals surface area contributed by atoms with E-state index in [4.69, 9.17) is 4.74 Å². The molecule has 1 saturated heterocycles. The third-order valence-electron chi connectivity index (χ3n) is 1.95. The standard InChI is InChI=1S/C9H16N2O3S/c1-15(12,13)10-4-2-3-5-11-6-8-14-9-7-11/h10H,4-9H2,1H3. The Bertz CT molecular complexity index is 336. The van der Waals surface area contributed by atoms with Crippen molar-refractivity contribution in [2.45, 2.75) is 0 Å². The first-order chi connectivity index (χ1) is 7.08. The Morgan fingerprint density at radius 3 is 2.60 bits per heavy atom. The van der Waals surface area contributed by atoms with E-state index in [0.717, 1.165) is 32.6 Å². The summed E-state index contributed by atoms with van der Waals surface area (Å²) >= 11 is 0. The molecule has 0 saturated carbocycles. The molecule has 0 aromatic carbocycles. The lowest BCUT2D eigenvalue weighted by Crippen LogP contribution is -2.36. The van der Waals surface area contributed by atoms with Crippen LogP contribution in [0.5, 0.6) is 0 Å². The highest BCUT2D eigenvalue weighted by atomic mass is 32.2. The molecular formula is C9H16N2O3S. The van der Waals surface area contributed by atoms with Gasteiger partial charge in [-0.05, 0) is 0 Å². The zero-order valence-electron chi connectivity index (χ0n) is 8.82. The van der Waals surface area contributed by atoms with Crippen molar-refractivity contribution in [3.8, 4) is 11.8 Å². The molecule has 0 spiro atoms. The van der Waals surface area contributed by atoms with Gasteiger partial charge in [-0.1, -0.05) is 11.8 Å². The van der Waals surface area contributed by atoms with Crippen molar-refractivity contribution >= 4 is 10.0 Å². The largest absolute Gasteiger partial charge is 0.379 e. The molecule has 0 atom stereocenters. The molecule has 1 N–H and O–H groups in total. The van der Waals surface area contributed by atoms with Gasteiger partial charge in [0.05, 0.1) is 32.6 Å². The van der Waals surface area contributed by atoms with E-state index in [1.807, 2.05) is 0 Å². The van der Waals surface area contributed by atoms with Crippen LogP contribution in [0.4, 0.5) is 0 Å². The number of hydrogen-bond donors (Lipinski definition) is 1. The minimum absolute atomic E-state index is 0.184. The molecule has 86 valence electrons. The zero-order chi connectivity index (χ0) is 11.1. The van der Waals surface area contributed by atoms with E-state index in [9.17, 15) is 8.42 Å². The average molecular weight is 232 g/mol. The van der Waals surface area contributed by atoms with E-state index < -0.39 is 10.0 Å². The fraction of sp³-hybridized carbons (Fsp3) is 0.778. The summed E-state index contributed by atoms with van der Waals surface area (Å²) in [6, 6.07) is 0. The van der Waals surface area contributed by atoms with E-state index in [1.165, 1.54) is 0 Å². The van der Waals surface area contributed by atoms with Crippen molar-refractivity contribution in [1.29, 1.82) is 0 Å². The molecule has 1 aliphatic rings. The smallest absolute Gasteiger partial charge is 0.209 e. The van der Waals surface area contributed by atoms with Crippen molar-refractivity contribution in [1.82, 2.24) is 9.62 Å². The van der Waals surface area contributed by atoms with Crippen LogP contribution in [-0.2, 0) is 14.8 Å². The molecule has 0 amide bonds. The van der Waals surface area contributed by atoms with Crippen LogP contribution in [0, 0.1) is 11.8 Å². The van der Waals surface area contributed by atoms with E-state index in [2.05, 4.69) is 21.5 Å². The summed E-state index contributed by atoms with van der Waals surface area (Å²) in [7, 11) is -3.12. The van der Waals surface area contributed by atoms with Gasteiger partial charge in [0, 0.05) is 13.1 Å². The second-order valence-corrected chi connectivity index (χ2v) is 5.17. The molecule has 1 heterocycles. The molecule has 0 aliphatic carbocycles. The van der Waals surface area contributed by atoms with Crippen molar-refractivity contribution in [2.24, 2.45) is 0 Å². The Morgan fingerprint density at radius 1 is 1.33 bits per heavy atom. The van der Waals surface area contributed by atoms with E-state index in [1.54, 1.807) is 0 Å². The van der Waals surface area contributed by atoms with Gasteiger partial charge in [0.2, 0.25) is 10.0 Å². The summed E-state index contributed by atoms with van der Waals surface area (Å²) in [4.78, 5) is 2.18. The zero-order valence-corrected chi connectivity index (χ0v) is 9.64. The summed E-state index contributed by atoms with van der Waals surface area (Å²) in [6.07, 6.45) is 1.12. The first-order valence-corrected chi connectivity index (χ1v) is 6.67. The number of sulfonamides is 1. The van der Waals surface area contributed by atoms with Crippen LogP contribution in [0.1, 0.15) is 0 Å². The molecule has 0 bridgehead atoms. The molecule has 15 heavy (non-hydrogen) atoms. The van der Waals surface area contributed by atoms with E-state index in [-0.39, 0.29) is 6.54 Å². The SMILES string of the molecule is CS(=O)(=O)NCC#CCN1CCOCC1. The molecule has 1 rings (SSSR count). The number of morpholine rings is 1. The first kappa shape index (κ1) is 12.5. The summed E-state index contributed by atoms with van der Waals surface area (Å²) in [5, 5.41) is 0. The van der Waals surface area contributed by atoms with Crippen molar-refractivity contribution in [3.05, 3.63) is 0 Å². The van der Waals surface area contributed by atoms with Crippen LogP contribution in [-0.4, -0.2) is 59.0 Å². The summed E-state index contributed by atoms with van der Waals surface area (Å²) < 4.78 is 28.9. The lowest BCUT2D eigenvalue weighted by molar-refractivity contribution is 0.0443. The molecule has 0 radical (unpaired) electrons. The Morgan fingerprint density at radius 2 is 2.00 bits per heavy atom. The normalized spacial score (nSPS) is 18.2. The van der Waals surface area contributed by atoms with Gasteiger partial charge < -0.3 is 4.74 Å². The first-order valence-electron chi connectivity index (χ1n) is 4.78. The lowest BCUT2D eigenvalue weighted by atomic mass is 10.4. The lowest BCUT2D eigenvalue weighted by Gasteiger charge is -2.24. The molecule has 6 heteroatoms. The number of ether oxygens (including phenoxy) is 1. The highest BCUT2D eigenvalue weighted by Crippen LogP contribution is 1.94. The number of hydrogen-bond acceptors (Lipinski definition) is 4. The topological polar surface area (TPSA) is 58.6 Å². The summed E-state index contributed by atoms with van der Waals surface area (Å²) in [5.74, 6) is 5.69. The summed E-state index contributed by atoms with van der Waals surface area (Å²) in [5.41, 5.74) is 0. The highest BCUT2D eigenvalue weighted by Gasteiger charge is 2.07. The average Bonchev–Trinajstić information content (AvgIpc) is 2.17. The van der Waals surface area contributed by atoms with Crippen LogP contribution < -0.4 is 4.72 Å². The van der Waals surface area contributed by atoms with Crippen LogP contribution in [0.2, 0.25) is 0 Å². The van der Waals surface area contributed by atoms with Gasteiger partial charge in [0.1, 0.15) is 0 Å². The fourth-order valence-electron chi connectivity index (χ4n) is 1.16. The Balaban J connectivity index is 2.16. The minimum Gasteiger partial charge on any atom is -0.379 e. The second kappa shape index (κ2) is 6.08. The third-order valence-corrected chi connectivity index (χ3v) is 2.62. The van der Waals surface area contributed by atoms with Crippen LogP contribution in [0.25, 0.3) is 0 Å². The van der Waals surface area contributed by atoms with Crippen molar-refractivity contribution < 1.29 is 13.2 Å². The van der Waals surface area contributed by atoms with Gasteiger partial charge in [-0.25, -0.2) is 13.1 Å². The van der Waals surface area contributed by atoms with Gasteiger partial charge in [-0.15, -0.1) is 0 Å². The fourth-order valence-corrected chi connectivity index (χ4v) is 1.49. The van der Waals surface area contributed by atoms with Crippen molar-refractivity contribution in [2.75, 3.05) is 45.6 Å². The number of nitrogens with one attached hydrogen (secondary N) is 1. The molecular weight excluding hydrogens is 216 g/mol. The van der Waals surface area contributed by atoms with Gasteiger partial charge in [-0.2, -0.15) is 0 Å². The quantitative estimate of drug-likeness (QED) is 0.626. The maximum atomic E-state index is 10.7. The van der Waals surface area contributed by atoms with E-state index >= 15 is 0 Å². The number of rotatable bonds is 3. The monoisotopic (exact) mass is 232 g/mol. The molecule has 0 aromatic heterocycles. The molecule has 5 nitrogen and oxygen atoms in total. The van der Waals surface area contributed by atoms with Gasteiger partial charge >= 0.3 is 0 Å². The molecule has 1 fully saturated rings. The minimum atomic E-state index is -3.12. The molecule has 0 aromatic rings. The second-order valence-electron chi connectivity index (χ2n) is 3.34. The number of nitrogens with zero attached hydrogens (tertiary/aromatic N) is 1. The third kappa shape index (κ3) is 6.47. The Labute approximate surface area is 90.8 Å². The van der Waals surface area contributed by atoms with E-state index in [0.29, 0.717) is 6.54 Å². The van der Waals surface area contributed by atoms with Gasteiger partial charge in [0.15, 0.2) is 0 Å². The summed E-state index contributed by atoms with van der Waals surface area (Å²) in [6.45, 7) is 4.16. The van der Waals surface area contributed by atoms with Crippen LogP contribution >= 0.6 is 0 Å². The molecule has 1 aliphatic heterocycles. The maximum Gasteiger partial charge on any atom is 0.209 e. The van der Waals surface area contributed by atoms with Crippen LogP contribution in [0.3, 0.4) is 0 Å². The predicted molar refractivity (Wildman–Crippen MR) is 57.9 cm³/mol. The van der Waals surface area contributed by atoms with Gasteiger partial charge in [0.25, 0.3) is 0 Å². The molecule has 0 unspecified atom stereocenters. The maximum absolute atomic E-state index is 10.7. The van der Waals surface area contributed by atoms with Crippen molar-refractivity contribution in [3.63, 3.8) is 0 Å². The predicted octanol–water partition coefficient (Wildman–Crippen LogP) is -1.13. The Kier molecular flexibility index (Phi) is 5.05. The highest BCUT2D eigenvalue weighted by molar-refractivity contribution is 7.88. The van der Waals surface area contributed by atoms with Gasteiger partial charge in [-0.3, -0.25) is 4.90 Å². The van der Waals surface area contributed by atoms with Crippen LogP contribution in [0.15, 0.2) is 0 Å². The Hall–Kier alpha value is -0.610.